The number of piperazine rings is 1. The van der Waals surface area contributed by atoms with Gasteiger partial charge < -0.3 is 14.5 Å². The van der Waals surface area contributed by atoms with Crippen LogP contribution in [-0.2, 0) is 0 Å². The normalized spacial score (nSPS) is 14.6. The summed E-state index contributed by atoms with van der Waals surface area (Å²) in [6.45, 7) is 7.36. The molecule has 2 aromatic rings. The highest BCUT2D eigenvalue weighted by molar-refractivity contribution is 6.32. The highest BCUT2D eigenvalue weighted by Gasteiger charge is 2.23. The highest BCUT2D eigenvalue weighted by Crippen LogP contribution is 2.27. The Balaban J connectivity index is 1.68. The largest absolute Gasteiger partial charge is 0.495 e. The van der Waals surface area contributed by atoms with Crippen molar-refractivity contribution < 1.29 is 9.53 Å². The van der Waals surface area contributed by atoms with Crippen LogP contribution < -0.4 is 9.64 Å². The lowest BCUT2D eigenvalue weighted by Gasteiger charge is -2.37. The predicted octanol–water partition coefficient (Wildman–Crippen LogP) is 3.93. The summed E-state index contributed by atoms with van der Waals surface area (Å²) in [7, 11) is 1.56. The molecule has 1 fully saturated rings. The predicted molar refractivity (Wildman–Crippen MR) is 102 cm³/mol. The Hall–Kier alpha value is -2.20. The minimum Gasteiger partial charge on any atom is -0.495 e. The van der Waals surface area contributed by atoms with Crippen molar-refractivity contribution in [3.05, 3.63) is 58.1 Å². The Morgan fingerprint density at radius 3 is 2.44 bits per heavy atom. The van der Waals surface area contributed by atoms with Gasteiger partial charge in [0.1, 0.15) is 5.75 Å². The number of hydrogen-bond acceptors (Lipinski definition) is 3. The number of rotatable bonds is 3. The second-order valence-corrected chi connectivity index (χ2v) is 6.75. The van der Waals surface area contributed by atoms with Gasteiger partial charge in [-0.2, -0.15) is 0 Å². The van der Waals surface area contributed by atoms with Crippen molar-refractivity contribution in [1.29, 1.82) is 0 Å². The molecule has 25 heavy (non-hydrogen) atoms. The first-order valence-electron chi connectivity index (χ1n) is 8.45. The molecule has 1 aliphatic heterocycles. The first kappa shape index (κ1) is 17.6. The van der Waals surface area contributed by atoms with E-state index in [2.05, 4.69) is 36.9 Å². The van der Waals surface area contributed by atoms with Crippen LogP contribution in [0.1, 0.15) is 21.5 Å². The van der Waals surface area contributed by atoms with Gasteiger partial charge in [0.2, 0.25) is 0 Å². The lowest BCUT2D eigenvalue weighted by Crippen LogP contribution is -2.49. The average molecular weight is 359 g/mol. The summed E-state index contributed by atoms with van der Waals surface area (Å²) < 4.78 is 5.15. The molecule has 132 valence electrons. The highest BCUT2D eigenvalue weighted by atomic mass is 35.5. The van der Waals surface area contributed by atoms with Crippen molar-refractivity contribution in [1.82, 2.24) is 4.90 Å². The number of anilines is 1. The third-order valence-corrected chi connectivity index (χ3v) is 5.18. The van der Waals surface area contributed by atoms with E-state index >= 15 is 0 Å². The molecule has 3 rings (SSSR count). The van der Waals surface area contributed by atoms with E-state index in [0.29, 0.717) is 29.4 Å². The SMILES string of the molecule is COc1ccc(C(=O)N2CCN(c3cccc(C)c3C)CC2)cc1Cl. The van der Waals surface area contributed by atoms with Crippen LogP contribution >= 0.6 is 11.6 Å². The number of ether oxygens (including phenoxy) is 1. The van der Waals surface area contributed by atoms with E-state index in [1.165, 1.54) is 16.8 Å². The molecule has 2 aromatic carbocycles. The molecule has 0 aliphatic carbocycles. The summed E-state index contributed by atoms with van der Waals surface area (Å²) in [5, 5.41) is 0.461. The maximum absolute atomic E-state index is 12.7. The van der Waals surface area contributed by atoms with Gasteiger partial charge in [0.05, 0.1) is 12.1 Å². The van der Waals surface area contributed by atoms with Crippen LogP contribution in [0.25, 0.3) is 0 Å². The molecule has 0 atom stereocenters. The lowest BCUT2D eigenvalue weighted by atomic mass is 10.1. The third kappa shape index (κ3) is 3.59. The van der Waals surface area contributed by atoms with Gasteiger partial charge in [0.25, 0.3) is 5.91 Å². The van der Waals surface area contributed by atoms with Crippen molar-refractivity contribution in [2.75, 3.05) is 38.2 Å². The number of carbonyl (C=O) groups is 1. The van der Waals surface area contributed by atoms with Crippen molar-refractivity contribution in [3.63, 3.8) is 0 Å². The summed E-state index contributed by atoms with van der Waals surface area (Å²) in [5.74, 6) is 0.600. The topological polar surface area (TPSA) is 32.8 Å². The Bertz CT molecular complexity index is 783. The molecule has 0 unspecified atom stereocenters. The standard InChI is InChI=1S/C20H23ClN2O2/c1-14-5-4-6-18(15(14)2)22-9-11-23(12-10-22)20(24)16-7-8-19(25-3)17(21)13-16/h4-8,13H,9-12H2,1-3H3. The van der Waals surface area contributed by atoms with Gasteiger partial charge in [0.15, 0.2) is 0 Å². The average Bonchev–Trinajstić information content (AvgIpc) is 2.63. The number of amides is 1. The van der Waals surface area contributed by atoms with E-state index in [4.69, 9.17) is 16.3 Å². The molecular weight excluding hydrogens is 336 g/mol. The molecule has 0 saturated carbocycles. The molecule has 4 nitrogen and oxygen atoms in total. The summed E-state index contributed by atoms with van der Waals surface area (Å²) >= 11 is 6.14. The number of carbonyl (C=O) groups excluding carboxylic acids is 1. The molecule has 1 saturated heterocycles. The Labute approximate surface area is 154 Å². The van der Waals surface area contributed by atoms with Crippen molar-refractivity contribution in [2.45, 2.75) is 13.8 Å². The van der Waals surface area contributed by atoms with Crippen LogP contribution in [0.5, 0.6) is 5.75 Å². The van der Waals surface area contributed by atoms with Gasteiger partial charge in [-0.15, -0.1) is 0 Å². The molecule has 1 heterocycles. The van der Waals surface area contributed by atoms with Crippen LogP contribution in [0.4, 0.5) is 5.69 Å². The molecule has 0 N–H and O–H groups in total. The van der Waals surface area contributed by atoms with Gasteiger partial charge >= 0.3 is 0 Å². The number of nitrogens with zero attached hydrogens (tertiary/aromatic N) is 2. The van der Waals surface area contributed by atoms with E-state index in [9.17, 15) is 4.79 Å². The minimum absolute atomic E-state index is 0.0187. The Morgan fingerprint density at radius 1 is 1.08 bits per heavy atom. The molecule has 1 aliphatic rings. The Morgan fingerprint density at radius 2 is 1.80 bits per heavy atom. The summed E-state index contributed by atoms with van der Waals surface area (Å²) in [6, 6.07) is 11.6. The fourth-order valence-electron chi connectivity index (χ4n) is 3.21. The maximum Gasteiger partial charge on any atom is 0.254 e. The summed E-state index contributed by atoms with van der Waals surface area (Å²) in [6.07, 6.45) is 0. The zero-order valence-electron chi connectivity index (χ0n) is 14.9. The lowest BCUT2D eigenvalue weighted by molar-refractivity contribution is 0.0746. The van der Waals surface area contributed by atoms with E-state index < -0.39 is 0 Å². The van der Waals surface area contributed by atoms with Crippen molar-refractivity contribution >= 4 is 23.2 Å². The molecular formula is C20H23ClN2O2. The first-order valence-corrected chi connectivity index (χ1v) is 8.83. The van der Waals surface area contributed by atoms with Crippen LogP contribution in [0.2, 0.25) is 5.02 Å². The van der Waals surface area contributed by atoms with Crippen LogP contribution in [0.3, 0.4) is 0 Å². The van der Waals surface area contributed by atoms with Crippen molar-refractivity contribution in [3.8, 4) is 5.75 Å². The quantitative estimate of drug-likeness (QED) is 0.833. The molecule has 5 heteroatoms. The number of benzene rings is 2. The second kappa shape index (κ2) is 7.36. The molecule has 0 spiro atoms. The van der Waals surface area contributed by atoms with Crippen LogP contribution in [0.15, 0.2) is 36.4 Å². The number of aryl methyl sites for hydroxylation is 1. The fourth-order valence-corrected chi connectivity index (χ4v) is 3.47. The van der Waals surface area contributed by atoms with Gasteiger partial charge in [-0.25, -0.2) is 0 Å². The second-order valence-electron chi connectivity index (χ2n) is 6.35. The number of methoxy groups -OCH3 is 1. The molecule has 0 radical (unpaired) electrons. The monoisotopic (exact) mass is 358 g/mol. The smallest absolute Gasteiger partial charge is 0.254 e. The van der Waals surface area contributed by atoms with E-state index in [0.717, 1.165) is 13.1 Å². The van der Waals surface area contributed by atoms with Gasteiger partial charge in [-0.1, -0.05) is 23.7 Å². The van der Waals surface area contributed by atoms with E-state index in [-0.39, 0.29) is 5.91 Å². The van der Waals surface area contributed by atoms with E-state index in [1.54, 1.807) is 25.3 Å². The summed E-state index contributed by atoms with van der Waals surface area (Å²) in [4.78, 5) is 17.0. The van der Waals surface area contributed by atoms with Gasteiger partial charge in [-0.05, 0) is 49.2 Å². The molecule has 0 bridgehead atoms. The van der Waals surface area contributed by atoms with E-state index in [1.807, 2.05) is 4.90 Å². The van der Waals surface area contributed by atoms with Crippen LogP contribution in [-0.4, -0.2) is 44.1 Å². The Kier molecular flexibility index (Phi) is 5.19. The molecule has 1 amide bonds. The van der Waals surface area contributed by atoms with Gasteiger partial charge in [-0.3, -0.25) is 4.79 Å². The summed E-state index contributed by atoms with van der Waals surface area (Å²) in [5.41, 5.74) is 4.47. The minimum atomic E-state index is 0.0187. The maximum atomic E-state index is 12.7. The fraction of sp³-hybridized carbons (Fsp3) is 0.350. The third-order valence-electron chi connectivity index (χ3n) is 4.88. The van der Waals surface area contributed by atoms with Gasteiger partial charge in [0, 0.05) is 37.4 Å². The van der Waals surface area contributed by atoms with Crippen molar-refractivity contribution in [2.24, 2.45) is 0 Å². The number of hydrogen-bond donors (Lipinski definition) is 0. The first-order chi connectivity index (χ1) is 12.0. The number of halogens is 1. The molecule has 0 aromatic heterocycles. The van der Waals surface area contributed by atoms with Crippen LogP contribution in [0, 0.1) is 13.8 Å². The zero-order chi connectivity index (χ0) is 18.0. The zero-order valence-corrected chi connectivity index (χ0v) is 15.6.